The average molecular weight is 297 g/mol. The van der Waals surface area contributed by atoms with E-state index in [1.807, 2.05) is 0 Å². The molecule has 1 nitrogen and oxygen atoms in total. The maximum Gasteiger partial charge on any atom is 0.139 e. The number of fused-ring (bicyclic) bond motifs is 2. The van der Waals surface area contributed by atoms with E-state index in [-0.39, 0.29) is 0 Å². The highest BCUT2D eigenvalue weighted by Gasteiger charge is 2.26. The summed E-state index contributed by atoms with van der Waals surface area (Å²) in [4.78, 5) is 2.37. The van der Waals surface area contributed by atoms with Crippen molar-refractivity contribution in [1.29, 1.82) is 0 Å². The Hall–Kier alpha value is -2.48. The lowest BCUT2D eigenvalue weighted by atomic mass is 9.81. The summed E-state index contributed by atoms with van der Waals surface area (Å²) in [5.74, 6) is 0.298. The first-order valence-corrected chi connectivity index (χ1v) is 8.18. The van der Waals surface area contributed by atoms with Gasteiger partial charge in [0.1, 0.15) is 7.85 Å². The summed E-state index contributed by atoms with van der Waals surface area (Å²) >= 11 is 0. The molecule has 1 atom stereocenters. The third kappa shape index (κ3) is 2.44. The summed E-state index contributed by atoms with van der Waals surface area (Å²) < 4.78 is 0. The molecule has 1 heterocycles. The van der Waals surface area contributed by atoms with E-state index in [0.29, 0.717) is 5.92 Å². The highest BCUT2D eigenvalue weighted by molar-refractivity contribution is 6.32. The second-order valence-corrected chi connectivity index (χ2v) is 6.46. The van der Waals surface area contributed by atoms with Gasteiger partial charge in [-0.1, -0.05) is 72.2 Å². The number of nitrogens with zero attached hydrogens (tertiary/aromatic N) is 1. The van der Waals surface area contributed by atoms with Crippen molar-refractivity contribution in [2.45, 2.75) is 12.5 Å². The molecule has 23 heavy (non-hydrogen) atoms. The van der Waals surface area contributed by atoms with Gasteiger partial charge in [-0.25, -0.2) is 0 Å². The molecule has 0 saturated carbocycles. The van der Waals surface area contributed by atoms with Crippen molar-refractivity contribution in [2.75, 3.05) is 11.9 Å². The predicted octanol–water partition coefficient (Wildman–Crippen LogP) is 3.08. The first-order valence-electron chi connectivity index (χ1n) is 8.18. The zero-order valence-electron chi connectivity index (χ0n) is 13.7. The quantitative estimate of drug-likeness (QED) is 0.624. The van der Waals surface area contributed by atoms with Crippen molar-refractivity contribution in [3.63, 3.8) is 0 Å². The molecule has 3 aromatic carbocycles. The van der Waals surface area contributed by atoms with E-state index in [2.05, 4.69) is 92.6 Å². The van der Waals surface area contributed by atoms with Crippen LogP contribution in [0.5, 0.6) is 0 Å². The molecule has 0 spiro atoms. The summed E-state index contributed by atoms with van der Waals surface area (Å²) in [6.45, 7) is 0.954. The largest absolute Gasteiger partial charge is 0.370 e. The highest BCUT2D eigenvalue weighted by Crippen LogP contribution is 2.41. The van der Waals surface area contributed by atoms with Gasteiger partial charge in [0.15, 0.2) is 0 Å². The second kappa shape index (κ2) is 5.62. The molecule has 0 aliphatic carbocycles. The van der Waals surface area contributed by atoms with E-state index in [4.69, 9.17) is 0 Å². The van der Waals surface area contributed by atoms with Crippen LogP contribution < -0.4 is 10.4 Å². The van der Waals surface area contributed by atoms with Crippen molar-refractivity contribution in [3.05, 3.63) is 95.1 Å². The Morgan fingerprint density at radius 2 is 1.61 bits per heavy atom. The Morgan fingerprint density at radius 3 is 2.43 bits per heavy atom. The van der Waals surface area contributed by atoms with Crippen molar-refractivity contribution in [2.24, 2.45) is 0 Å². The van der Waals surface area contributed by atoms with Crippen LogP contribution in [0.3, 0.4) is 0 Å². The molecule has 0 fully saturated rings. The fourth-order valence-electron chi connectivity index (χ4n) is 3.73. The van der Waals surface area contributed by atoms with Crippen LogP contribution >= 0.6 is 0 Å². The molecule has 112 valence electrons. The molecule has 3 aromatic rings. The molecule has 1 unspecified atom stereocenters. The average Bonchev–Trinajstić information content (AvgIpc) is 2.69. The van der Waals surface area contributed by atoms with Gasteiger partial charge in [-0.05, 0) is 28.3 Å². The fourth-order valence-corrected chi connectivity index (χ4v) is 3.73. The molecule has 2 heteroatoms. The van der Waals surface area contributed by atoms with Crippen LogP contribution in [0.15, 0.2) is 72.8 Å². The summed E-state index contributed by atoms with van der Waals surface area (Å²) in [5, 5.41) is 0. The van der Waals surface area contributed by atoms with Crippen molar-refractivity contribution >= 4 is 19.0 Å². The van der Waals surface area contributed by atoms with Gasteiger partial charge in [0, 0.05) is 25.2 Å². The SMILES string of the molecule is Bc1ccc2c(c1)C(c1ccccc1)c1ccccc1CN2C. The fraction of sp³-hybridized carbons (Fsp3) is 0.143. The summed E-state index contributed by atoms with van der Waals surface area (Å²) in [6.07, 6.45) is 0. The van der Waals surface area contributed by atoms with E-state index in [0.717, 1.165) is 6.54 Å². The summed E-state index contributed by atoms with van der Waals surface area (Å²) in [6, 6.07) is 26.6. The first-order chi connectivity index (χ1) is 11.2. The van der Waals surface area contributed by atoms with Crippen molar-refractivity contribution in [3.8, 4) is 0 Å². The summed E-state index contributed by atoms with van der Waals surface area (Å²) in [7, 11) is 4.37. The van der Waals surface area contributed by atoms with E-state index in [1.54, 1.807) is 0 Å². The lowest BCUT2D eigenvalue weighted by Gasteiger charge is -2.23. The molecule has 0 bridgehead atoms. The van der Waals surface area contributed by atoms with Crippen LogP contribution in [0.1, 0.15) is 28.2 Å². The van der Waals surface area contributed by atoms with Crippen LogP contribution in [0.2, 0.25) is 0 Å². The monoisotopic (exact) mass is 297 g/mol. The van der Waals surface area contributed by atoms with Crippen LogP contribution in [-0.2, 0) is 6.54 Å². The molecule has 1 aliphatic rings. The van der Waals surface area contributed by atoms with Crippen LogP contribution in [0.4, 0.5) is 5.69 Å². The van der Waals surface area contributed by atoms with Gasteiger partial charge in [0.2, 0.25) is 0 Å². The number of hydrogen-bond acceptors (Lipinski definition) is 1. The number of hydrogen-bond donors (Lipinski definition) is 0. The Labute approximate surface area is 139 Å². The third-order valence-electron chi connectivity index (χ3n) is 4.81. The van der Waals surface area contributed by atoms with Gasteiger partial charge in [-0.15, -0.1) is 0 Å². The smallest absolute Gasteiger partial charge is 0.139 e. The molecule has 0 aromatic heterocycles. The van der Waals surface area contributed by atoms with Crippen molar-refractivity contribution in [1.82, 2.24) is 0 Å². The third-order valence-corrected chi connectivity index (χ3v) is 4.81. The van der Waals surface area contributed by atoms with Crippen LogP contribution in [0, 0.1) is 0 Å². The first kappa shape index (κ1) is 14.1. The zero-order chi connectivity index (χ0) is 15.8. The van der Waals surface area contributed by atoms with E-state index >= 15 is 0 Å². The number of benzene rings is 3. The molecule has 4 rings (SSSR count). The Morgan fingerprint density at radius 1 is 0.870 bits per heavy atom. The molecule has 0 amide bonds. The van der Waals surface area contributed by atoms with Gasteiger partial charge in [0.05, 0.1) is 0 Å². The molecular weight excluding hydrogens is 277 g/mol. The maximum atomic E-state index is 2.37. The summed E-state index contributed by atoms with van der Waals surface area (Å²) in [5.41, 5.74) is 8.26. The minimum Gasteiger partial charge on any atom is -0.370 e. The maximum absolute atomic E-state index is 2.37. The zero-order valence-corrected chi connectivity index (χ0v) is 13.7. The standard InChI is InChI=1S/C21H20BN/c1-23-14-16-9-5-6-10-18(16)21(15-7-3-2-4-8-15)19-13-17(22)11-12-20(19)23/h2-13,21H,14,22H2,1H3. The van der Waals surface area contributed by atoms with Crippen molar-refractivity contribution < 1.29 is 0 Å². The lowest BCUT2D eigenvalue weighted by Crippen LogP contribution is -2.17. The second-order valence-electron chi connectivity index (χ2n) is 6.46. The molecular formula is C21H20BN. The normalized spacial score (nSPS) is 16.4. The minimum atomic E-state index is 0.298. The van der Waals surface area contributed by atoms with Crippen LogP contribution in [-0.4, -0.2) is 14.9 Å². The van der Waals surface area contributed by atoms with Gasteiger partial charge >= 0.3 is 0 Å². The van der Waals surface area contributed by atoms with E-state index in [9.17, 15) is 0 Å². The Kier molecular flexibility index (Phi) is 3.46. The van der Waals surface area contributed by atoms with Gasteiger partial charge in [-0.2, -0.15) is 0 Å². The van der Waals surface area contributed by atoms with E-state index in [1.165, 1.54) is 33.4 Å². The minimum absolute atomic E-state index is 0.298. The molecule has 1 aliphatic heterocycles. The topological polar surface area (TPSA) is 3.24 Å². The molecule has 0 N–H and O–H groups in total. The number of rotatable bonds is 1. The van der Waals surface area contributed by atoms with Gasteiger partial charge in [0.25, 0.3) is 0 Å². The van der Waals surface area contributed by atoms with Gasteiger partial charge < -0.3 is 4.90 Å². The molecule has 0 saturated heterocycles. The highest BCUT2D eigenvalue weighted by atomic mass is 15.1. The van der Waals surface area contributed by atoms with E-state index < -0.39 is 0 Å². The lowest BCUT2D eigenvalue weighted by molar-refractivity contribution is 0.923. The number of anilines is 1. The van der Waals surface area contributed by atoms with Crippen LogP contribution in [0.25, 0.3) is 0 Å². The molecule has 0 radical (unpaired) electrons. The predicted molar refractivity (Wildman–Crippen MR) is 101 cm³/mol. The Bertz CT molecular complexity index is 841. The Balaban J connectivity index is 2.03. The van der Waals surface area contributed by atoms with Gasteiger partial charge in [-0.3, -0.25) is 0 Å².